The monoisotopic (exact) mass is 379 g/mol. The molecule has 0 spiro atoms. The molecule has 2 heterocycles. The number of carbonyl (C=O) groups excluding carboxylic acids is 3. The number of rotatable bonds is 6. The van der Waals surface area contributed by atoms with Crippen LogP contribution in [0.25, 0.3) is 0 Å². The van der Waals surface area contributed by atoms with Gasteiger partial charge in [-0.05, 0) is 18.2 Å². The van der Waals surface area contributed by atoms with E-state index in [-0.39, 0.29) is 30.7 Å². The lowest BCUT2D eigenvalue weighted by Gasteiger charge is -2.40. The van der Waals surface area contributed by atoms with Crippen molar-refractivity contribution in [1.82, 2.24) is 10.2 Å². The number of nitrogens with one attached hydrogen (secondary N) is 1. The van der Waals surface area contributed by atoms with Gasteiger partial charge in [0.05, 0.1) is 17.9 Å². The van der Waals surface area contributed by atoms with Crippen molar-refractivity contribution in [2.75, 3.05) is 31.7 Å². The normalized spacial score (nSPS) is 17.2. The number of benzene rings is 2. The Hall–Kier alpha value is -3.19. The molecular weight excluding hydrogens is 358 g/mol. The molecule has 2 aromatic carbocycles. The van der Waals surface area contributed by atoms with E-state index in [2.05, 4.69) is 5.32 Å². The van der Waals surface area contributed by atoms with Crippen LogP contribution in [0.2, 0.25) is 0 Å². The van der Waals surface area contributed by atoms with Gasteiger partial charge in [0.15, 0.2) is 0 Å². The number of hydrogen-bond donors (Lipinski definition) is 1. The zero-order valence-corrected chi connectivity index (χ0v) is 15.6. The van der Waals surface area contributed by atoms with E-state index < -0.39 is 6.17 Å². The van der Waals surface area contributed by atoms with Crippen LogP contribution >= 0.6 is 0 Å². The lowest BCUT2D eigenvalue weighted by Crippen LogP contribution is -2.49. The third-order valence-corrected chi connectivity index (χ3v) is 5.09. The minimum atomic E-state index is -0.530. The maximum Gasteiger partial charge on any atom is 0.260 e. The zero-order valence-electron chi connectivity index (χ0n) is 15.6. The quantitative estimate of drug-likeness (QED) is 0.778. The molecule has 28 heavy (non-hydrogen) atoms. The van der Waals surface area contributed by atoms with E-state index in [1.165, 1.54) is 0 Å². The molecule has 7 heteroatoms. The zero-order chi connectivity index (χ0) is 19.7. The van der Waals surface area contributed by atoms with E-state index in [0.29, 0.717) is 30.0 Å². The second-order valence-electron chi connectivity index (χ2n) is 6.74. The Morgan fingerprint density at radius 3 is 2.54 bits per heavy atom. The number of para-hydroxylation sites is 1. The minimum absolute atomic E-state index is 0.130. The van der Waals surface area contributed by atoms with Crippen LogP contribution in [0, 0.1) is 0 Å². The molecule has 7 nitrogen and oxygen atoms in total. The predicted octanol–water partition coefficient (Wildman–Crippen LogP) is 1.95. The van der Waals surface area contributed by atoms with Gasteiger partial charge in [-0.1, -0.05) is 30.3 Å². The molecule has 0 bridgehead atoms. The Balaban J connectivity index is 1.65. The first kappa shape index (κ1) is 18.2. The van der Waals surface area contributed by atoms with Crippen molar-refractivity contribution in [2.45, 2.75) is 12.6 Å². The minimum Gasteiger partial charge on any atom is -0.383 e. The smallest absolute Gasteiger partial charge is 0.260 e. The Kier molecular flexibility index (Phi) is 4.83. The maximum atomic E-state index is 13.2. The summed E-state index contributed by atoms with van der Waals surface area (Å²) in [5.74, 6) is -0.464. The largest absolute Gasteiger partial charge is 0.383 e. The van der Waals surface area contributed by atoms with E-state index in [9.17, 15) is 14.4 Å². The van der Waals surface area contributed by atoms with E-state index in [0.717, 1.165) is 5.56 Å². The highest BCUT2D eigenvalue weighted by atomic mass is 16.5. The molecule has 0 unspecified atom stereocenters. The standard InChI is InChI=1S/C21H21N3O4/c1-28-13-11-22-18(25)10-12-23-19-14-6-2-3-7-15(14)21(27)24(19)17-9-5-4-8-16(17)20(23)26/h2-9,19H,10-13H2,1H3,(H,22,25)/t19-/m1/s1. The Morgan fingerprint density at radius 2 is 1.75 bits per heavy atom. The van der Waals surface area contributed by atoms with Crippen LogP contribution < -0.4 is 10.2 Å². The van der Waals surface area contributed by atoms with Gasteiger partial charge in [-0.3, -0.25) is 19.3 Å². The number of methoxy groups -OCH3 is 1. The van der Waals surface area contributed by atoms with Crippen molar-refractivity contribution >= 4 is 23.4 Å². The van der Waals surface area contributed by atoms with Gasteiger partial charge in [-0.25, -0.2) is 0 Å². The summed E-state index contributed by atoms with van der Waals surface area (Å²) in [6, 6.07) is 14.4. The summed E-state index contributed by atoms with van der Waals surface area (Å²) < 4.78 is 4.93. The lowest BCUT2D eigenvalue weighted by atomic mass is 10.0. The van der Waals surface area contributed by atoms with Crippen LogP contribution in [0.15, 0.2) is 48.5 Å². The predicted molar refractivity (Wildman–Crippen MR) is 103 cm³/mol. The number of ether oxygens (including phenoxy) is 1. The summed E-state index contributed by atoms with van der Waals surface area (Å²) in [6.07, 6.45) is -0.379. The summed E-state index contributed by atoms with van der Waals surface area (Å²) in [4.78, 5) is 41.6. The molecule has 0 fully saturated rings. The van der Waals surface area contributed by atoms with Gasteiger partial charge in [0, 0.05) is 37.7 Å². The molecule has 1 atom stereocenters. The summed E-state index contributed by atoms with van der Waals surface area (Å²) in [5.41, 5.74) is 2.46. The second kappa shape index (κ2) is 7.44. The van der Waals surface area contributed by atoms with E-state index in [1.54, 1.807) is 41.2 Å². The average Bonchev–Trinajstić information content (AvgIpc) is 3.01. The molecule has 0 radical (unpaired) electrons. The van der Waals surface area contributed by atoms with Crippen LogP contribution in [0.5, 0.6) is 0 Å². The molecular formula is C21H21N3O4. The van der Waals surface area contributed by atoms with Gasteiger partial charge in [-0.15, -0.1) is 0 Å². The molecule has 0 aromatic heterocycles. The molecule has 3 amide bonds. The van der Waals surface area contributed by atoms with E-state index >= 15 is 0 Å². The maximum absolute atomic E-state index is 13.2. The molecule has 0 saturated carbocycles. The summed E-state index contributed by atoms with van der Waals surface area (Å²) in [7, 11) is 1.57. The fourth-order valence-corrected chi connectivity index (χ4v) is 3.80. The Bertz CT molecular complexity index is 943. The third-order valence-electron chi connectivity index (χ3n) is 5.09. The highest BCUT2D eigenvalue weighted by Crippen LogP contribution is 2.44. The van der Waals surface area contributed by atoms with Gasteiger partial charge in [0.1, 0.15) is 6.17 Å². The topological polar surface area (TPSA) is 79.0 Å². The summed E-state index contributed by atoms with van der Waals surface area (Å²) in [5, 5.41) is 2.76. The molecule has 0 aliphatic carbocycles. The Labute approximate surface area is 162 Å². The molecule has 144 valence electrons. The number of fused-ring (bicyclic) bond motifs is 5. The van der Waals surface area contributed by atoms with Crippen LogP contribution in [-0.4, -0.2) is 49.4 Å². The van der Waals surface area contributed by atoms with E-state index in [4.69, 9.17) is 4.74 Å². The Morgan fingerprint density at radius 1 is 1.04 bits per heavy atom. The molecule has 0 saturated heterocycles. The first-order valence-corrected chi connectivity index (χ1v) is 9.21. The lowest BCUT2D eigenvalue weighted by molar-refractivity contribution is -0.121. The number of amides is 3. The molecule has 2 aromatic rings. The van der Waals surface area contributed by atoms with Gasteiger partial charge in [-0.2, -0.15) is 0 Å². The molecule has 1 N–H and O–H groups in total. The van der Waals surface area contributed by atoms with Gasteiger partial charge < -0.3 is 15.0 Å². The van der Waals surface area contributed by atoms with Crippen molar-refractivity contribution in [3.05, 3.63) is 65.2 Å². The molecule has 2 aliphatic heterocycles. The fourth-order valence-electron chi connectivity index (χ4n) is 3.80. The van der Waals surface area contributed by atoms with Crippen molar-refractivity contribution in [1.29, 1.82) is 0 Å². The highest BCUT2D eigenvalue weighted by molar-refractivity contribution is 6.16. The average molecular weight is 379 g/mol. The van der Waals surface area contributed by atoms with E-state index in [1.807, 2.05) is 24.3 Å². The summed E-state index contributed by atoms with van der Waals surface area (Å²) in [6.45, 7) is 1.07. The number of hydrogen-bond acceptors (Lipinski definition) is 4. The SMILES string of the molecule is COCCNC(=O)CCN1C(=O)c2ccccc2N2C(=O)c3ccccc3[C@H]12. The van der Waals surface area contributed by atoms with Crippen molar-refractivity contribution < 1.29 is 19.1 Å². The van der Waals surface area contributed by atoms with Gasteiger partial charge >= 0.3 is 0 Å². The van der Waals surface area contributed by atoms with Crippen molar-refractivity contribution in [2.24, 2.45) is 0 Å². The molecule has 4 rings (SSSR count). The van der Waals surface area contributed by atoms with Crippen LogP contribution in [0.3, 0.4) is 0 Å². The number of anilines is 1. The molecule has 2 aliphatic rings. The van der Waals surface area contributed by atoms with Gasteiger partial charge in [0.25, 0.3) is 11.8 Å². The number of nitrogens with zero attached hydrogens (tertiary/aromatic N) is 2. The third kappa shape index (κ3) is 2.93. The second-order valence-corrected chi connectivity index (χ2v) is 6.74. The van der Waals surface area contributed by atoms with Crippen LogP contribution in [0.4, 0.5) is 5.69 Å². The fraction of sp³-hybridized carbons (Fsp3) is 0.286. The van der Waals surface area contributed by atoms with Crippen molar-refractivity contribution in [3.63, 3.8) is 0 Å². The van der Waals surface area contributed by atoms with Crippen molar-refractivity contribution in [3.8, 4) is 0 Å². The first-order chi connectivity index (χ1) is 13.6. The van der Waals surface area contributed by atoms with Crippen LogP contribution in [0.1, 0.15) is 38.9 Å². The first-order valence-electron chi connectivity index (χ1n) is 9.21. The van der Waals surface area contributed by atoms with Gasteiger partial charge in [0.2, 0.25) is 5.91 Å². The summed E-state index contributed by atoms with van der Waals surface area (Å²) >= 11 is 0. The van der Waals surface area contributed by atoms with Crippen LogP contribution in [-0.2, 0) is 9.53 Å². The number of carbonyl (C=O) groups is 3. The highest BCUT2D eigenvalue weighted by Gasteiger charge is 2.47.